The van der Waals surface area contributed by atoms with Crippen LogP contribution < -0.4 is 15.6 Å². The fraction of sp³-hybridized carbons (Fsp3) is 0.176. The highest BCUT2D eigenvalue weighted by Crippen LogP contribution is 2.39. The third kappa shape index (κ3) is 3.13. The number of nitrogens with zero attached hydrogens (tertiary/aromatic N) is 4. The Morgan fingerprint density at radius 3 is 2.96 bits per heavy atom. The molecule has 1 saturated carbocycles. The van der Waals surface area contributed by atoms with Crippen LogP contribution in [0.3, 0.4) is 0 Å². The fourth-order valence-corrected chi connectivity index (χ4v) is 3.21. The molecule has 4 N–H and O–H groups in total. The van der Waals surface area contributed by atoms with Crippen molar-refractivity contribution in [2.24, 2.45) is 5.10 Å². The van der Waals surface area contributed by atoms with Crippen LogP contribution in [0, 0.1) is 10.4 Å². The molecular formula is C17H15ClN8O2. The van der Waals surface area contributed by atoms with E-state index in [9.17, 15) is 10.4 Å². The number of nitrogens with one attached hydrogen (secondary N) is 4. The van der Waals surface area contributed by atoms with Gasteiger partial charge in [0.25, 0.3) is 11.6 Å². The van der Waals surface area contributed by atoms with E-state index in [4.69, 9.17) is 11.6 Å². The van der Waals surface area contributed by atoms with Gasteiger partial charge >= 0.3 is 0 Å². The predicted molar refractivity (Wildman–Crippen MR) is 103 cm³/mol. The van der Waals surface area contributed by atoms with Gasteiger partial charge in [-0.05, 0) is 25.0 Å². The van der Waals surface area contributed by atoms with Crippen LogP contribution in [0.25, 0.3) is 0 Å². The van der Waals surface area contributed by atoms with Crippen LogP contribution in [0.1, 0.15) is 30.0 Å². The molecule has 1 aromatic carbocycles. The van der Waals surface area contributed by atoms with Gasteiger partial charge < -0.3 is 15.7 Å². The number of halogens is 1. The summed E-state index contributed by atoms with van der Waals surface area (Å²) in [5, 5.41) is 37.6. The number of quaternary nitrogens is 2. The number of hydrogen-bond donors (Lipinski definition) is 4. The summed E-state index contributed by atoms with van der Waals surface area (Å²) in [6, 6.07) is 6.92. The SMILES string of the molecule is [O-][NH+]1N=Cc2cc(Nc3ncc(Cl)c([NH+]([O-])c4cc(C5CC5)[nH]n4)n3)ccc21. The number of aromatic nitrogens is 4. The Kier molecular flexibility index (Phi) is 4.07. The normalized spacial score (nSPS) is 18.9. The van der Waals surface area contributed by atoms with Crippen LogP contribution in [0.5, 0.6) is 0 Å². The predicted octanol–water partition coefficient (Wildman–Crippen LogP) is 1.18. The van der Waals surface area contributed by atoms with Crippen molar-refractivity contribution < 1.29 is 10.2 Å². The Bertz CT molecular complexity index is 1080. The smallest absolute Gasteiger partial charge is 0.256 e. The maximum absolute atomic E-state index is 12.8. The number of hydrogen-bond acceptors (Lipinski definition) is 7. The summed E-state index contributed by atoms with van der Waals surface area (Å²) in [7, 11) is 0. The summed E-state index contributed by atoms with van der Waals surface area (Å²) in [6.07, 6.45) is 5.09. The lowest BCUT2D eigenvalue weighted by Crippen LogP contribution is -2.97. The van der Waals surface area contributed by atoms with Gasteiger partial charge in [-0.3, -0.25) is 10.2 Å². The van der Waals surface area contributed by atoms with Gasteiger partial charge in [0.2, 0.25) is 5.95 Å². The van der Waals surface area contributed by atoms with Gasteiger partial charge in [0.1, 0.15) is 5.02 Å². The molecule has 0 amide bonds. The summed E-state index contributed by atoms with van der Waals surface area (Å²) in [5.74, 6) is 1.03. The molecule has 0 spiro atoms. The summed E-state index contributed by atoms with van der Waals surface area (Å²) in [6.45, 7) is 0. The van der Waals surface area contributed by atoms with Gasteiger partial charge in [-0.15, -0.1) is 5.10 Å². The Labute approximate surface area is 164 Å². The van der Waals surface area contributed by atoms with E-state index in [0.29, 0.717) is 22.9 Å². The molecular weight excluding hydrogens is 384 g/mol. The Morgan fingerprint density at radius 1 is 1.29 bits per heavy atom. The van der Waals surface area contributed by atoms with Gasteiger partial charge in [-0.25, -0.2) is 10.2 Å². The minimum atomic E-state index is -0.370. The van der Waals surface area contributed by atoms with Gasteiger partial charge in [-0.1, -0.05) is 16.7 Å². The zero-order chi connectivity index (χ0) is 19.3. The summed E-state index contributed by atoms with van der Waals surface area (Å²) >= 11 is 6.15. The second-order valence-electron chi connectivity index (χ2n) is 6.69. The van der Waals surface area contributed by atoms with Crippen LogP contribution in [0.15, 0.2) is 35.6 Å². The van der Waals surface area contributed by atoms with Crippen molar-refractivity contribution in [2.75, 3.05) is 5.32 Å². The van der Waals surface area contributed by atoms with Crippen LogP contribution >= 0.6 is 11.6 Å². The van der Waals surface area contributed by atoms with E-state index in [2.05, 4.69) is 30.6 Å². The van der Waals surface area contributed by atoms with Crippen molar-refractivity contribution in [1.29, 1.82) is 0 Å². The maximum atomic E-state index is 12.8. The van der Waals surface area contributed by atoms with Crippen LogP contribution in [0.4, 0.5) is 29.0 Å². The molecule has 3 heterocycles. The first-order valence-corrected chi connectivity index (χ1v) is 9.08. The molecule has 2 aromatic heterocycles. The Balaban J connectivity index is 1.40. The van der Waals surface area contributed by atoms with E-state index in [-0.39, 0.29) is 32.8 Å². The van der Waals surface area contributed by atoms with E-state index in [1.54, 1.807) is 24.3 Å². The lowest BCUT2D eigenvalue weighted by molar-refractivity contribution is -0.780. The third-order valence-electron chi connectivity index (χ3n) is 4.67. The van der Waals surface area contributed by atoms with Crippen molar-refractivity contribution in [3.05, 3.63) is 57.2 Å². The number of aromatic amines is 1. The van der Waals surface area contributed by atoms with Crippen molar-refractivity contribution >= 4 is 46.8 Å². The number of benzene rings is 1. The fourth-order valence-electron chi connectivity index (χ4n) is 3.03. The van der Waals surface area contributed by atoms with Crippen molar-refractivity contribution in [3.63, 3.8) is 0 Å². The van der Waals surface area contributed by atoms with Gasteiger partial charge in [0.15, 0.2) is 5.69 Å². The molecule has 11 heteroatoms. The zero-order valence-corrected chi connectivity index (χ0v) is 15.2. The van der Waals surface area contributed by atoms with Gasteiger partial charge in [0, 0.05) is 29.4 Å². The summed E-state index contributed by atoms with van der Waals surface area (Å²) in [4.78, 5) is 8.39. The summed E-state index contributed by atoms with van der Waals surface area (Å²) < 4.78 is 0. The first-order valence-electron chi connectivity index (χ1n) is 8.70. The van der Waals surface area contributed by atoms with E-state index in [0.717, 1.165) is 18.5 Å². The number of rotatable bonds is 5. The van der Waals surface area contributed by atoms with E-state index in [1.807, 2.05) is 0 Å². The topological polar surface area (TPSA) is 134 Å². The average Bonchev–Trinajstić information content (AvgIpc) is 3.32. The molecule has 1 aliphatic heterocycles. The lowest BCUT2D eigenvalue weighted by Gasteiger charge is -2.18. The number of fused-ring (bicyclic) bond motifs is 1. The van der Waals surface area contributed by atoms with E-state index in [1.165, 1.54) is 12.4 Å². The average molecular weight is 399 g/mol. The minimum Gasteiger partial charge on any atom is -0.621 e. The highest BCUT2D eigenvalue weighted by Gasteiger charge is 2.27. The second kappa shape index (κ2) is 6.62. The Hall–Kier alpha value is -2.89. The molecule has 142 valence electrons. The highest BCUT2D eigenvalue weighted by molar-refractivity contribution is 6.32. The highest BCUT2D eigenvalue weighted by atomic mass is 35.5. The van der Waals surface area contributed by atoms with Gasteiger partial charge in [0.05, 0.1) is 18.0 Å². The molecule has 0 radical (unpaired) electrons. The molecule has 0 bridgehead atoms. The monoisotopic (exact) mass is 398 g/mol. The first kappa shape index (κ1) is 17.2. The lowest BCUT2D eigenvalue weighted by atomic mass is 10.2. The molecule has 1 aliphatic carbocycles. The third-order valence-corrected chi connectivity index (χ3v) is 4.94. The largest absolute Gasteiger partial charge is 0.621 e. The molecule has 2 atom stereocenters. The Morgan fingerprint density at radius 2 is 2.14 bits per heavy atom. The number of anilines is 2. The van der Waals surface area contributed by atoms with Crippen molar-refractivity contribution in [1.82, 2.24) is 20.2 Å². The van der Waals surface area contributed by atoms with Crippen molar-refractivity contribution in [3.8, 4) is 0 Å². The molecule has 1 fully saturated rings. The van der Waals surface area contributed by atoms with Gasteiger partial charge in [-0.2, -0.15) is 4.98 Å². The van der Waals surface area contributed by atoms with Crippen LogP contribution in [-0.4, -0.2) is 26.4 Å². The van der Waals surface area contributed by atoms with E-state index >= 15 is 0 Å². The second-order valence-corrected chi connectivity index (χ2v) is 7.10. The molecule has 5 rings (SSSR count). The van der Waals surface area contributed by atoms with E-state index < -0.39 is 0 Å². The first-order chi connectivity index (χ1) is 13.6. The molecule has 0 saturated heterocycles. The maximum Gasteiger partial charge on any atom is 0.256 e. The summed E-state index contributed by atoms with van der Waals surface area (Å²) in [5.41, 5.74) is 2.88. The molecule has 2 unspecified atom stereocenters. The molecule has 28 heavy (non-hydrogen) atoms. The van der Waals surface area contributed by atoms with Crippen LogP contribution in [0.2, 0.25) is 5.02 Å². The number of H-pyrrole nitrogens is 1. The minimum absolute atomic E-state index is 0.0749. The zero-order valence-electron chi connectivity index (χ0n) is 14.4. The van der Waals surface area contributed by atoms with Crippen molar-refractivity contribution in [2.45, 2.75) is 18.8 Å². The standard InChI is InChI=1S/C17H15ClN8O2/c18-12-8-19-17(21-11-3-4-14-10(5-11)7-20-26(14)28)22-16(12)25(27)15-6-13(23-24-15)9-1-2-9/h3-9,25-26H,1-2H2,(H,23,24)(H,19,21,22). The molecule has 3 aromatic rings. The van der Waals surface area contributed by atoms with Crippen LogP contribution in [-0.2, 0) is 0 Å². The molecule has 10 nitrogen and oxygen atoms in total. The molecule has 2 aliphatic rings. The quantitative estimate of drug-likeness (QED) is 0.376.